The predicted molar refractivity (Wildman–Crippen MR) is 254 cm³/mol. The van der Waals surface area contributed by atoms with E-state index in [0.717, 1.165) is 38.5 Å². The molecule has 0 amide bonds. The van der Waals surface area contributed by atoms with Gasteiger partial charge in [-0.15, -0.1) is 0 Å². The van der Waals surface area contributed by atoms with Crippen LogP contribution in [0.3, 0.4) is 0 Å². The van der Waals surface area contributed by atoms with Crippen molar-refractivity contribution in [2.24, 2.45) is 0 Å². The molecule has 0 aromatic rings. The van der Waals surface area contributed by atoms with Crippen LogP contribution >= 0.6 is 7.82 Å². The van der Waals surface area contributed by atoms with Gasteiger partial charge in [0.2, 0.25) is 0 Å². The number of carbonyl (C=O) groups excluding carboxylic acids is 1. The molecule has 0 radical (unpaired) electrons. The fraction of sp³-hybridized carbons (Fsp3) is 0.863. The molecule has 0 bridgehead atoms. The zero-order chi connectivity index (χ0) is 44.1. The summed E-state index contributed by atoms with van der Waals surface area (Å²) in [6, 6.07) is 0. The standard InChI is InChI=1S/C51H98NO7P/c1-6-8-10-12-14-16-18-20-22-23-24-25-26-27-28-29-30-32-34-36-38-40-42-44-51(53)59-50(49-58-60(54,55)57-47-45-52(3,4)5)48-56-46-43-41-39-37-35-33-31-21-19-17-15-13-11-9-7-2/h18-21,23-24,50H,6-17,22,25-49H2,1-5H3/b20-18-,21-19-,24-23-. The van der Waals surface area contributed by atoms with Gasteiger partial charge in [0.15, 0.2) is 0 Å². The molecule has 0 aromatic carbocycles. The lowest BCUT2D eigenvalue weighted by molar-refractivity contribution is -0.870. The maximum atomic E-state index is 12.7. The Labute approximate surface area is 372 Å². The van der Waals surface area contributed by atoms with Crippen molar-refractivity contribution in [3.8, 4) is 0 Å². The molecule has 9 heteroatoms. The van der Waals surface area contributed by atoms with E-state index in [-0.39, 0.29) is 25.8 Å². The molecule has 60 heavy (non-hydrogen) atoms. The first-order chi connectivity index (χ1) is 29.1. The molecule has 0 aliphatic rings. The average Bonchev–Trinajstić information content (AvgIpc) is 3.20. The van der Waals surface area contributed by atoms with Gasteiger partial charge in [-0.3, -0.25) is 9.36 Å². The molecule has 0 spiro atoms. The number of carbonyl (C=O) groups is 1. The molecule has 0 rings (SSSR count). The minimum absolute atomic E-state index is 0.0249. The summed E-state index contributed by atoms with van der Waals surface area (Å²) in [5.41, 5.74) is 0. The van der Waals surface area contributed by atoms with Gasteiger partial charge in [0.1, 0.15) is 19.3 Å². The second-order valence-corrected chi connectivity index (χ2v) is 19.6. The maximum absolute atomic E-state index is 12.7. The monoisotopic (exact) mass is 868 g/mol. The Morgan fingerprint density at radius 3 is 1.37 bits per heavy atom. The van der Waals surface area contributed by atoms with Crippen LogP contribution in [0.15, 0.2) is 36.5 Å². The molecule has 0 fully saturated rings. The topological polar surface area (TPSA) is 94.1 Å². The number of allylic oxidation sites excluding steroid dienone is 6. The highest BCUT2D eigenvalue weighted by molar-refractivity contribution is 7.45. The van der Waals surface area contributed by atoms with Crippen LogP contribution in [0.5, 0.6) is 0 Å². The number of rotatable bonds is 47. The summed E-state index contributed by atoms with van der Waals surface area (Å²) in [4.78, 5) is 25.1. The summed E-state index contributed by atoms with van der Waals surface area (Å²) in [5, 5.41) is 0. The van der Waals surface area contributed by atoms with Crippen LogP contribution in [-0.4, -0.2) is 70.7 Å². The van der Waals surface area contributed by atoms with E-state index in [1.807, 2.05) is 21.1 Å². The van der Waals surface area contributed by atoms with Crippen LogP contribution in [0.1, 0.15) is 226 Å². The van der Waals surface area contributed by atoms with Crippen molar-refractivity contribution < 1.29 is 37.3 Å². The van der Waals surface area contributed by atoms with Crippen molar-refractivity contribution in [3.05, 3.63) is 36.5 Å². The number of quaternary nitrogens is 1. The molecule has 0 aromatic heterocycles. The van der Waals surface area contributed by atoms with Gasteiger partial charge in [-0.05, 0) is 70.6 Å². The predicted octanol–water partition coefficient (Wildman–Crippen LogP) is 14.7. The fourth-order valence-corrected chi connectivity index (χ4v) is 7.71. The second-order valence-electron chi connectivity index (χ2n) is 18.2. The first-order valence-corrected chi connectivity index (χ1v) is 26.7. The van der Waals surface area contributed by atoms with E-state index in [2.05, 4.69) is 50.3 Å². The minimum atomic E-state index is -4.53. The summed E-state index contributed by atoms with van der Waals surface area (Å²) in [6.07, 6.45) is 53.0. The van der Waals surface area contributed by atoms with E-state index < -0.39 is 13.9 Å². The van der Waals surface area contributed by atoms with E-state index in [0.29, 0.717) is 24.1 Å². The number of esters is 1. The first kappa shape index (κ1) is 58.7. The van der Waals surface area contributed by atoms with Gasteiger partial charge >= 0.3 is 5.97 Å². The molecule has 0 N–H and O–H groups in total. The van der Waals surface area contributed by atoms with Crippen molar-refractivity contribution >= 4 is 13.8 Å². The van der Waals surface area contributed by atoms with E-state index in [4.69, 9.17) is 18.5 Å². The zero-order valence-electron chi connectivity index (χ0n) is 40.2. The number of phosphoric acid groups is 1. The maximum Gasteiger partial charge on any atom is 0.306 e. The van der Waals surface area contributed by atoms with Crippen molar-refractivity contribution in [2.75, 3.05) is 54.1 Å². The SMILES string of the molecule is CCCCCCC/C=C\C/C=C\CCCCCCCCCCCCCC(=O)OC(COCCCCCCCC/C=C\CCCCCCC)COP(=O)([O-])OCC[N+](C)(C)C. The summed E-state index contributed by atoms with van der Waals surface area (Å²) < 4.78 is 34.7. The van der Waals surface area contributed by atoms with Gasteiger partial charge in [0, 0.05) is 13.0 Å². The largest absolute Gasteiger partial charge is 0.756 e. The average molecular weight is 868 g/mol. The van der Waals surface area contributed by atoms with Crippen LogP contribution in [0.4, 0.5) is 0 Å². The van der Waals surface area contributed by atoms with Crippen molar-refractivity contribution in [1.29, 1.82) is 0 Å². The smallest absolute Gasteiger partial charge is 0.306 e. The Kier molecular flexibility index (Phi) is 43.4. The number of ether oxygens (including phenoxy) is 2. The van der Waals surface area contributed by atoms with Crippen LogP contribution in [0, 0.1) is 0 Å². The number of phosphoric ester groups is 1. The molecule has 8 nitrogen and oxygen atoms in total. The molecule has 2 unspecified atom stereocenters. The Morgan fingerprint density at radius 2 is 0.917 bits per heavy atom. The van der Waals surface area contributed by atoms with Crippen molar-refractivity contribution in [3.63, 3.8) is 0 Å². The normalized spacial score (nSPS) is 13.9. The quantitative estimate of drug-likeness (QED) is 0.0198. The number of nitrogens with zero attached hydrogens (tertiary/aromatic N) is 1. The molecule has 0 aliphatic carbocycles. The lowest BCUT2D eigenvalue weighted by atomic mass is 10.0. The van der Waals surface area contributed by atoms with Gasteiger partial charge in [-0.1, -0.05) is 185 Å². The summed E-state index contributed by atoms with van der Waals surface area (Å²) in [7, 11) is 1.36. The Hall–Kier alpha value is -1.28. The molecule has 0 heterocycles. The highest BCUT2D eigenvalue weighted by Crippen LogP contribution is 2.38. The minimum Gasteiger partial charge on any atom is -0.756 e. The van der Waals surface area contributed by atoms with Crippen molar-refractivity contribution in [2.45, 2.75) is 232 Å². The number of hydrogen-bond acceptors (Lipinski definition) is 7. The van der Waals surface area contributed by atoms with Gasteiger partial charge < -0.3 is 27.9 Å². The Morgan fingerprint density at radius 1 is 0.517 bits per heavy atom. The van der Waals surface area contributed by atoms with E-state index in [1.54, 1.807) is 0 Å². The van der Waals surface area contributed by atoms with E-state index in [1.165, 1.54) is 167 Å². The summed E-state index contributed by atoms with van der Waals surface area (Å²) in [6.45, 7) is 5.40. The van der Waals surface area contributed by atoms with Crippen LogP contribution in [0.25, 0.3) is 0 Å². The molecule has 354 valence electrons. The third kappa shape index (κ3) is 47.8. The van der Waals surface area contributed by atoms with Gasteiger partial charge in [0.05, 0.1) is 34.4 Å². The van der Waals surface area contributed by atoms with Gasteiger partial charge in [-0.25, -0.2) is 0 Å². The Bertz CT molecular complexity index is 1060. The first-order valence-electron chi connectivity index (χ1n) is 25.2. The van der Waals surface area contributed by atoms with Crippen LogP contribution in [0.2, 0.25) is 0 Å². The fourth-order valence-electron chi connectivity index (χ4n) is 6.98. The molecule has 2 atom stereocenters. The lowest BCUT2D eigenvalue weighted by Gasteiger charge is -2.28. The zero-order valence-corrected chi connectivity index (χ0v) is 41.1. The van der Waals surface area contributed by atoms with E-state index in [9.17, 15) is 14.3 Å². The molecule has 0 saturated carbocycles. The Balaban J connectivity index is 4.13. The molecular formula is C51H98NO7P. The van der Waals surface area contributed by atoms with Crippen molar-refractivity contribution in [1.82, 2.24) is 0 Å². The number of unbranched alkanes of at least 4 members (excludes halogenated alkanes) is 27. The number of hydrogen-bond donors (Lipinski definition) is 0. The van der Waals surface area contributed by atoms with Gasteiger partial charge in [0.25, 0.3) is 7.82 Å². The number of likely N-dealkylation sites (N-methyl/N-ethyl adjacent to an activating group) is 1. The highest BCUT2D eigenvalue weighted by Gasteiger charge is 2.20. The third-order valence-electron chi connectivity index (χ3n) is 10.9. The summed E-state index contributed by atoms with van der Waals surface area (Å²) >= 11 is 0. The molecule has 0 aliphatic heterocycles. The van der Waals surface area contributed by atoms with Crippen LogP contribution < -0.4 is 4.89 Å². The molecular weight excluding hydrogens is 770 g/mol. The lowest BCUT2D eigenvalue weighted by Crippen LogP contribution is -2.37. The molecule has 0 saturated heterocycles. The third-order valence-corrected chi connectivity index (χ3v) is 11.9. The van der Waals surface area contributed by atoms with Gasteiger partial charge in [-0.2, -0.15) is 0 Å². The van der Waals surface area contributed by atoms with Crippen LogP contribution in [-0.2, 0) is 27.9 Å². The summed E-state index contributed by atoms with van der Waals surface area (Å²) in [5.74, 6) is -0.337. The van der Waals surface area contributed by atoms with E-state index >= 15 is 0 Å². The second kappa shape index (κ2) is 44.3. The highest BCUT2D eigenvalue weighted by atomic mass is 31.2.